The first-order chi connectivity index (χ1) is 9.76. The molecule has 1 aromatic rings. The number of benzene rings is 1. The Hall–Kier alpha value is -1.62. The third kappa shape index (κ3) is 3.93. The molecule has 2 rings (SSSR count). The molecule has 1 aliphatic carbocycles. The van der Waals surface area contributed by atoms with Crippen LogP contribution < -0.4 is 10.6 Å². The van der Waals surface area contributed by atoms with Crippen molar-refractivity contribution in [3.8, 4) is 0 Å². The van der Waals surface area contributed by atoms with E-state index < -0.39 is 0 Å². The Kier molecular flexibility index (Phi) is 5.35. The predicted molar refractivity (Wildman–Crippen MR) is 78.5 cm³/mol. The van der Waals surface area contributed by atoms with Gasteiger partial charge in [-0.3, -0.25) is 4.99 Å². The van der Waals surface area contributed by atoms with Crippen LogP contribution in [0.25, 0.3) is 0 Å². The SMILES string of the molecule is CCOCCNC(=NC)NC1CC1c1ccccc1F. The summed E-state index contributed by atoms with van der Waals surface area (Å²) >= 11 is 0. The molecule has 0 aromatic heterocycles. The molecule has 2 N–H and O–H groups in total. The quantitative estimate of drug-likeness (QED) is 0.475. The van der Waals surface area contributed by atoms with Crippen LogP contribution in [0.15, 0.2) is 29.3 Å². The lowest BCUT2D eigenvalue weighted by Crippen LogP contribution is -2.40. The third-order valence-electron chi connectivity index (χ3n) is 3.38. The number of aliphatic imine (C=N–C) groups is 1. The van der Waals surface area contributed by atoms with Crippen LogP contribution in [0.4, 0.5) is 4.39 Å². The molecule has 1 saturated carbocycles. The summed E-state index contributed by atoms with van der Waals surface area (Å²) in [4.78, 5) is 4.16. The van der Waals surface area contributed by atoms with Gasteiger partial charge in [-0.2, -0.15) is 0 Å². The molecule has 0 amide bonds. The van der Waals surface area contributed by atoms with Crippen LogP contribution in [0.3, 0.4) is 0 Å². The number of nitrogens with zero attached hydrogens (tertiary/aromatic N) is 1. The maximum atomic E-state index is 13.7. The maximum Gasteiger partial charge on any atom is 0.191 e. The zero-order valence-electron chi connectivity index (χ0n) is 12.0. The minimum absolute atomic E-state index is 0.124. The van der Waals surface area contributed by atoms with Crippen LogP contribution in [0.2, 0.25) is 0 Å². The summed E-state index contributed by atoms with van der Waals surface area (Å²) < 4.78 is 18.9. The molecule has 0 aliphatic heterocycles. The minimum Gasteiger partial charge on any atom is -0.380 e. The van der Waals surface area contributed by atoms with E-state index in [1.165, 1.54) is 6.07 Å². The highest BCUT2D eigenvalue weighted by Crippen LogP contribution is 2.41. The molecule has 110 valence electrons. The zero-order chi connectivity index (χ0) is 14.4. The molecule has 0 saturated heterocycles. The average molecular weight is 279 g/mol. The summed E-state index contributed by atoms with van der Waals surface area (Å²) in [7, 11) is 1.73. The smallest absolute Gasteiger partial charge is 0.191 e. The topological polar surface area (TPSA) is 45.6 Å². The Morgan fingerprint density at radius 1 is 1.45 bits per heavy atom. The number of hydrogen-bond donors (Lipinski definition) is 2. The molecule has 0 bridgehead atoms. The molecule has 5 heteroatoms. The summed E-state index contributed by atoms with van der Waals surface area (Å²) in [5.74, 6) is 0.858. The first kappa shape index (κ1) is 14.8. The standard InChI is InChI=1S/C15H22FN3O/c1-3-20-9-8-18-15(17-2)19-14-10-12(14)11-6-4-5-7-13(11)16/h4-7,12,14H,3,8-10H2,1-2H3,(H2,17,18,19). The van der Waals surface area contributed by atoms with Gasteiger partial charge >= 0.3 is 0 Å². The first-order valence-corrected chi connectivity index (χ1v) is 7.05. The van der Waals surface area contributed by atoms with Crippen LogP contribution in [0.5, 0.6) is 0 Å². The first-order valence-electron chi connectivity index (χ1n) is 7.05. The van der Waals surface area contributed by atoms with Gasteiger partial charge < -0.3 is 15.4 Å². The Bertz CT molecular complexity index is 464. The Morgan fingerprint density at radius 2 is 2.25 bits per heavy atom. The summed E-state index contributed by atoms with van der Waals surface area (Å²) in [5, 5.41) is 6.49. The van der Waals surface area contributed by atoms with Gasteiger partial charge in [-0.25, -0.2) is 4.39 Å². The molecular formula is C15H22FN3O. The zero-order valence-corrected chi connectivity index (χ0v) is 12.0. The molecule has 1 fully saturated rings. The largest absolute Gasteiger partial charge is 0.380 e. The van der Waals surface area contributed by atoms with E-state index in [1.807, 2.05) is 19.1 Å². The average Bonchev–Trinajstić information content (AvgIpc) is 3.22. The fraction of sp³-hybridized carbons (Fsp3) is 0.533. The highest BCUT2D eigenvalue weighted by Gasteiger charge is 2.40. The monoisotopic (exact) mass is 279 g/mol. The second-order valence-corrected chi connectivity index (χ2v) is 4.81. The summed E-state index contributed by atoms with van der Waals surface area (Å²) in [6.45, 7) is 4.05. The fourth-order valence-corrected chi connectivity index (χ4v) is 2.23. The summed E-state index contributed by atoms with van der Waals surface area (Å²) in [6.07, 6.45) is 0.938. The number of ether oxygens (including phenoxy) is 1. The van der Waals surface area contributed by atoms with Crippen LogP contribution in [-0.2, 0) is 4.74 Å². The van der Waals surface area contributed by atoms with E-state index >= 15 is 0 Å². The third-order valence-corrected chi connectivity index (χ3v) is 3.38. The van der Waals surface area contributed by atoms with Crippen molar-refractivity contribution in [3.05, 3.63) is 35.6 Å². The second kappa shape index (κ2) is 7.24. The normalized spacial score (nSPS) is 21.6. The molecule has 0 radical (unpaired) electrons. The van der Waals surface area contributed by atoms with Crippen molar-refractivity contribution in [2.24, 2.45) is 4.99 Å². The number of halogens is 1. The molecule has 0 heterocycles. The van der Waals surface area contributed by atoms with Gasteiger partial charge in [-0.05, 0) is 25.0 Å². The number of hydrogen-bond acceptors (Lipinski definition) is 2. The van der Waals surface area contributed by atoms with Gasteiger partial charge in [0.15, 0.2) is 5.96 Å². The van der Waals surface area contributed by atoms with Crippen molar-refractivity contribution >= 4 is 5.96 Å². The van der Waals surface area contributed by atoms with E-state index in [4.69, 9.17) is 4.74 Å². The van der Waals surface area contributed by atoms with Crippen molar-refractivity contribution in [1.82, 2.24) is 10.6 Å². The van der Waals surface area contributed by atoms with Gasteiger partial charge in [0.25, 0.3) is 0 Å². The molecule has 2 unspecified atom stereocenters. The Morgan fingerprint density at radius 3 is 2.95 bits per heavy atom. The molecule has 4 nitrogen and oxygen atoms in total. The van der Waals surface area contributed by atoms with Gasteiger partial charge in [0, 0.05) is 32.2 Å². The van der Waals surface area contributed by atoms with E-state index in [0.717, 1.165) is 17.9 Å². The van der Waals surface area contributed by atoms with Crippen molar-refractivity contribution in [2.75, 3.05) is 26.8 Å². The Balaban J connectivity index is 1.79. The lowest BCUT2D eigenvalue weighted by molar-refractivity contribution is 0.152. The lowest BCUT2D eigenvalue weighted by atomic mass is 10.1. The van der Waals surface area contributed by atoms with Gasteiger partial charge in [0.1, 0.15) is 5.82 Å². The van der Waals surface area contributed by atoms with Crippen molar-refractivity contribution in [2.45, 2.75) is 25.3 Å². The molecule has 0 spiro atoms. The minimum atomic E-state index is -0.124. The van der Waals surface area contributed by atoms with E-state index in [2.05, 4.69) is 15.6 Å². The van der Waals surface area contributed by atoms with Crippen LogP contribution in [-0.4, -0.2) is 38.8 Å². The molecule has 1 aliphatic rings. The van der Waals surface area contributed by atoms with Gasteiger partial charge in [-0.15, -0.1) is 0 Å². The van der Waals surface area contributed by atoms with Gasteiger partial charge in [0.05, 0.1) is 6.61 Å². The molecule has 20 heavy (non-hydrogen) atoms. The van der Waals surface area contributed by atoms with Crippen LogP contribution >= 0.6 is 0 Å². The lowest BCUT2D eigenvalue weighted by Gasteiger charge is -2.12. The highest BCUT2D eigenvalue weighted by molar-refractivity contribution is 5.80. The Labute approximate surface area is 119 Å². The van der Waals surface area contributed by atoms with Gasteiger partial charge in [-0.1, -0.05) is 18.2 Å². The molecule has 2 atom stereocenters. The van der Waals surface area contributed by atoms with Crippen LogP contribution in [0.1, 0.15) is 24.8 Å². The van der Waals surface area contributed by atoms with Crippen molar-refractivity contribution < 1.29 is 9.13 Å². The van der Waals surface area contributed by atoms with E-state index in [1.54, 1.807) is 13.1 Å². The predicted octanol–water partition coefficient (Wildman–Crippen LogP) is 1.88. The maximum absolute atomic E-state index is 13.7. The molecule has 1 aromatic carbocycles. The van der Waals surface area contributed by atoms with E-state index in [0.29, 0.717) is 19.8 Å². The second-order valence-electron chi connectivity index (χ2n) is 4.81. The number of rotatable bonds is 6. The van der Waals surface area contributed by atoms with Gasteiger partial charge in [0.2, 0.25) is 0 Å². The van der Waals surface area contributed by atoms with Crippen molar-refractivity contribution in [3.63, 3.8) is 0 Å². The number of nitrogens with one attached hydrogen (secondary N) is 2. The number of guanidine groups is 1. The van der Waals surface area contributed by atoms with Crippen LogP contribution in [0, 0.1) is 5.82 Å². The highest BCUT2D eigenvalue weighted by atomic mass is 19.1. The summed E-state index contributed by atoms with van der Waals surface area (Å²) in [5.41, 5.74) is 0.787. The van der Waals surface area contributed by atoms with E-state index in [9.17, 15) is 4.39 Å². The molecular weight excluding hydrogens is 257 g/mol. The summed E-state index contributed by atoms with van der Waals surface area (Å²) in [6, 6.07) is 7.22. The van der Waals surface area contributed by atoms with Crippen molar-refractivity contribution in [1.29, 1.82) is 0 Å². The van der Waals surface area contributed by atoms with E-state index in [-0.39, 0.29) is 17.8 Å². The fourth-order valence-electron chi connectivity index (χ4n) is 2.23.